The molecule has 0 unspecified atom stereocenters. The molecule has 1 atom stereocenters. The monoisotopic (exact) mass is 316 g/mol. The molecule has 1 aromatic heterocycles. The lowest BCUT2D eigenvalue weighted by molar-refractivity contribution is 0.0742. The second-order valence-electron chi connectivity index (χ2n) is 6.21. The molecule has 6 heteroatoms. The number of benzene rings is 1. The minimum Gasteiger partial charge on any atom is -0.374 e. The summed E-state index contributed by atoms with van der Waals surface area (Å²) in [5.74, 6) is 0. The van der Waals surface area contributed by atoms with Crippen LogP contribution in [-0.2, 0) is 11.3 Å². The Morgan fingerprint density at radius 1 is 1.35 bits per heavy atom. The Morgan fingerprint density at radius 2 is 2.09 bits per heavy atom. The van der Waals surface area contributed by atoms with Crippen molar-refractivity contribution in [2.24, 2.45) is 0 Å². The highest BCUT2D eigenvalue weighted by atomic mass is 16.5. The summed E-state index contributed by atoms with van der Waals surface area (Å²) in [5.41, 5.74) is 1.58. The van der Waals surface area contributed by atoms with E-state index in [9.17, 15) is 4.79 Å². The minimum atomic E-state index is -0.463. The SMILES string of the molecule is C[C@H](NC(=O)NC(C)(C)COCc1ccccc1)c1cn[nH]c1. The molecule has 1 heterocycles. The first-order chi connectivity index (χ1) is 11.0. The van der Waals surface area contributed by atoms with Gasteiger partial charge in [0, 0.05) is 11.8 Å². The quantitative estimate of drug-likeness (QED) is 0.735. The first kappa shape index (κ1) is 17.0. The molecule has 0 aliphatic carbocycles. The van der Waals surface area contributed by atoms with Crippen LogP contribution in [0.2, 0.25) is 0 Å². The van der Waals surface area contributed by atoms with Crippen LogP contribution in [0.1, 0.15) is 37.9 Å². The Balaban J connectivity index is 1.75. The molecule has 0 aliphatic rings. The van der Waals surface area contributed by atoms with Crippen molar-refractivity contribution >= 4 is 6.03 Å². The average molecular weight is 316 g/mol. The molecular weight excluding hydrogens is 292 g/mol. The van der Waals surface area contributed by atoms with E-state index in [-0.39, 0.29) is 12.1 Å². The first-order valence-corrected chi connectivity index (χ1v) is 7.65. The Kier molecular flexibility index (Phi) is 5.76. The van der Waals surface area contributed by atoms with Crippen LogP contribution in [0.3, 0.4) is 0 Å². The lowest BCUT2D eigenvalue weighted by Crippen LogP contribution is -2.51. The topological polar surface area (TPSA) is 79.0 Å². The Hall–Kier alpha value is -2.34. The van der Waals surface area contributed by atoms with E-state index in [1.54, 1.807) is 12.4 Å². The van der Waals surface area contributed by atoms with Gasteiger partial charge >= 0.3 is 6.03 Å². The fraction of sp³-hybridized carbons (Fsp3) is 0.412. The fourth-order valence-corrected chi connectivity index (χ4v) is 2.16. The second-order valence-corrected chi connectivity index (χ2v) is 6.21. The van der Waals surface area contributed by atoms with Crippen LogP contribution < -0.4 is 10.6 Å². The highest BCUT2D eigenvalue weighted by Crippen LogP contribution is 2.10. The molecule has 23 heavy (non-hydrogen) atoms. The molecule has 124 valence electrons. The molecule has 0 radical (unpaired) electrons. The normalized spacial score (nSPS) is 12.7. The van der Waals surface area contributed by atoms with Crippen LogP contribution in [0.15, 0.2) is 42.7 Å². The third kappa shape index (κ3) is 5.75. The summed E-state index contributed by atoms with van der Waals surface area (Å²) in [7, 11) is 0. The summed E-state index contributed by atoms with van der Waals surface area (Å²) in [6.07, 6.45) is 3.46. The van der Waals surface area contributed by atoms with Crippen molar-refractivity contribution < 1.29 is 9.53 Å². The number of aromatic amines is 1. The number of amides is 2. The van der Waals surface area contributed by atoms with Crippen molar-refractivity contribution in [3.8, 4) is 0 Å². The molecule has 0 fully saturated rings. The van der Waals surface area contributed by atoms with Crippen LogP contribution in [-0.4, -0.2) is 28.4 Å². The lowest BCUT2D eigenvalue weighted by Gasteiger charge is -2.27. The van der Waals surface area contributed by atoms with Gasteiger partial charge in [-0.25, -0.2) is 4.79 Å². The number of aromatic nitrogens is 2. The molecule has 0 spiro atoms. The van der Waals surface area contributed by atoms with Gasteiger partial charge in [-0.15, -0.1) is 0 Å². The number of nitrogens with zero attached hydrogens (tertiary/aromatic N) is 1. The van der Waals surface area contributed by atoms with Crippen molar-refractivity contribution in [3.05, 3.63) is 53.9 Å². The number of ether oxygens (including phenoxy) is 1. The zero-order valence-electron chi connectivity index (χ0n) is 13.8. The van der Waals surface area contributed by atoms with Gasteiger partial charge in [-0.05, 0) is 26.3 Å². The summed E-state index contributed by atoms with van der Waals surface area (Å²) in [5, 5.41) is 12.4. The zero-order valence-corrected chi connectivity index (χ0v) is 13.8. The van der Waals surface area contributed by atoms with Crippen molar-refractivity contribution in [2.75, 3.05) is 6.61 Å². The summed E-state index contributed by atoms with van der Waals surface area (Å²) in [6.45, 7) is 6.72. The van der Waals surface area contributed by atoms with Crippen LogP contribution in [0.25, 0.3) is 0 Å². The molecule has 0 saturated heterocycles. The molecule has 0 bridgehead atoms. The minimum absolute atomic E-state index is 0.116. The molecule has 2 rings (SSSR count). The van der Waals surface area contributed by atoms with Gasteiger partial charge in [-0.1, -0.05) is 30.3 Å². The van der Waals surface area contributed by atoms with Gasteiger partial charge in [-0.3, -0.25) is 5.10 Å². The van der Waals surface area contributed by atoms with Gasteiger partial charge < -0.3 is 15.4 Å². The van der Waals surface area contributed by atoms with Crippen LogP contribution in [0.5, 0.6) is 0 Å². The summed E-state index contributed by atoms with van der Waals surface area (Å²) in [4.78, 5) is 12.1. The highest BCUT2D eigenvalue weighted by Gasteiger charge is 2.22. The summed E-state index contributed by atoms with van der Waals surface area (Å²) in [6, 6.07) is 9.61. The third-order valence-corrected chi connectivity index (χ3v) is 3.39. The molecule has 2 amide bonds. The van der Waals surface area contributed by atoms with E-state index < -0.39 is 5.54 Å². The Bertz CT molecular complexity index is 596. The van der Waals surface area contributed by atoms with E-state index in [2.05, 4.69) is 20.8 Å². The Morgan fingerprint density at radius 3 is 2.74 bits per heavy atom. The lowest BCUT2D eigenvalue weighted by atomic mass is 10.1. The molecule has 2 aromatic rings. The third-order valence-electron chi connectivity index (χ3n) is 3.39. The smallest absolute Gasteiger partial charge is 0.315 e. The first-order valence-electron chi connectivity index (χ1n) is 7.65. The molecule has 6 nitrogen and oxygen atoms in total. The number of nitrogens with one attached hydrogen (secondary N) is 3. The van der Waals surface area contributed by atoms with Crippen molar-refractivity contribution in [1.82, 2.24) is 20.8 Å². The standard InChI is InChI=1S/C17H24N4O2/c1-13(15-9-18-19-10-15)20-16(22)21-17(2,3)12-23-11-14-7-5-4-6-8-14/h4-10,13H,11-12H2,1-3H3,(H,18,19)(H2,20,21,22)/t13-/m0/s1. The number of urea groups is 1. The molecular formula is C17H24N4O2. The number of carbonyl (C=O) groups excluding carboxylic acids is 1. The molecule has 1 aromatic carbocycles. The van der Waals surface area contributed by atoms with E-state index in [1.807, 2.05) is 51.1 Å². The average Bonchev–Trinajstić information content (AvgIpc) is 3.01. The van der Waals surface area contributed by atoms with Crippen molar-refractivity contribution in [1.29, 1.82) is 0 Å². The van der Waals surface area contributed by atoms with Gasteiger partial charge in [0.2, 0.25) is 0 Å². The van der Waals surface area contributed by atoms with Gasteiger partial charge in [0.05, 0.1) is 31.0 Å². The number of carbonyl (C=O) groups is 1. The van der Waals surface area contributed by atoms with E-state index in [0.717, 1.165) is 11.1 Å². The number of H-pyrrole nitrogens is 1. The van der Waals surface area contributed by atoms with Crippen LogP contribution in [0.4, 0.5) is 4.79 Å². The van der Waals surface area contributed by atoms with Gasteiger partial charge in [-0.2, -0.15) is 5.10 Å². The number of hydrogen-bond donors (Lipinski definition) is 3. The van der Waals surface area contributed by atoms with E-state index in [1.165, 1.54) is 0 Å². The molecule has 0 aliphatic heterocycles. The van der Waals surface area contributed by atoms with Crippen molar-refractivity contribution in [3.63, 3.8) is 0 Å². The number of hydrogen-bond acceptors (Lipinski definition) is 3. The summed E-state index contributed by atoms with van der Waals surface area (Å²) >= 11 is 0. The van der Waals surface area contributed by atoms with Gasteiger partial charge in [0.25, 0.3) is 0 Å². The maximum atomic E-state index is 12.1. The molecule has 0 saturated carbocycles. The van der Waals surface area contributed by atoms with E-state index >= 15 is 0 Å². The number of rotatable bonds is 7. The van der Waals surface area contributed by atoms with Crippen LogP contribution >= 0.6 is 0 Å². The van der Waals surface area contributed by atoms with Crippen molar-refractivity contribution in [2.45, 2.75) is 39.0 Å². The predicted molar refractivity (Wildman–Crippen MR) is 88.8 cm³/mol. The highest BCUT2D eigenvalue weighted by molar-refractivity contribution is 5.75. The van der Waals surface area contributed by atoms with Crippen LogP contribution in [0, 0.1) is 0 Å². The largest absolute Gasteiger partial charge is 0.374 e. The van der Waals surface area contributed by atoms with Gasteiger partial charge in [0.15, 0.2) is 0 Å². The predicted octanol–water partition coefficient (Wildman–Crippen LogP) is 2.77. The zero-order chi connectivity index (χ0) is 16.7. The van der Waals surface area contributed by atoms with Gasteiger partial charge in [0.1, 0.15) is 0 Å². The maximum Gasteiger partial charge on any atom is 0.315 e. The van der Waals surface area contributed by atoms with E-state index in [0.29, 0.717) is 13.2 Å². The summed E-state index contributed by atoms with van der Waals surface area (Å²) < 4.78 is 5.71. The second kappa shape index (κ2) is 7.78. The fourth-order valence-electron chi connectivity index (χ4n) is 2.16. The molecule has 3 N–H and O–H groups in total. The maximum absolute atomic E-state index is 12.1. The Labute approximate surface area is 136 Å². The van der Waals surface area contributed by atoms with E-state index in [4.69, 9.17) is 4.74 Å².